The van der Waals surface area contributed by atoms with Gasteiger partial charge in [0, 0.05) is 26.7 Å². The standard InChI is InChI=1S/C13H25N3O/c1-15(13(17)16-9-2-3-10-16)11-6-12-4-7-14-8-5-12/h12,14H,2-11H2,1H3. The van der Waals surface area contributed by atoms with Crippen molar-refractivity contribution in [3.05, 3.63) is 0 Å². The molecule has 2 rings (SSSR count). The second-order valence-corrected chi connectivity index (χ2v) is 5.38. The van der Waals surface area contributed by atoms with Gasteiger partial charge in [0.25, 0.3) is 0 Å². The lowest BCUT2D eigenvalue weighted by Gasteiger charge is -2.27. The first-order valence-corrected chi connectivity index (χ1v) is 6.98. The van der Waals surface area contributed by atoms with E-state index in [-0.39, 0.29) is 6.03 Å². The molecule has 2 fully saturated rings. The van der Waals surface area contributed by atoms with Crippen molar-refractivity contribution in [3.63, 3.8) is 0 Å². The Morgan fingerprint density at radius 3 is 2.59 bits per heavy atom. The van der Waals surface area contributed by atoms with Gasteiger partial charge in [-0.05, 0) is 51.1 Å². The highest BCUT2D eigenvalue weighted by Crippen LogP contribution is 2.17. The molecule has 0 aromatic carbocycles. The molecule has 0 aromatic heterocycles. The Morgan fingerprint density at radius 1 is 1.29 bits per heavy atom. The maximum absolute atomic E-state index is 12.1. The van der Waals surface area contributed by atoms with Crippen molar-refractivity contribution < 1.29 is 4.79 Å². The van der Waals surface area contributed by atoms with Crippen LogP contribution >= 0.6 is 0 Å². The Kier molecular flexibility index (Phi) is 4.66. The average molecular weight is 239 g/mol. The first-order chi connectivity index (χ1) is 8.27. The van der Waals surface area contributed by atoms with Gasteiger partial charge in [-0.15, -0.1) is 0 Å². The predicted octanol–water partition coefficient (Wildman–Crippen LogP) is 1.52. The quantitative estimate of drug-likeness (QED) is 0.810. The van der Waals surface area contributed by atoms with Gasteiger partial charge in [0.15, 0.2) is 0 Å². The first kappa shape index (κ1) is 12.7. The lowest BCUT2D eigenvalue weighted by Crippen LogP contribution is -2.40. The van der Waals surface area contributed by atoms with Crippen LogP contribution in [0.1, 0.15) is 32.1 Å². The van der Waals surface area contributed by atoms with E-state index in [0.717, 1.165) is 45.1 Å². The van der Waals surface area contributed by atoms with E-state index in [1.807, 2.05) is 16.8 Å². The van der Waals surface area contributed by atoms with Crippen LogP contribution in [0.25, 0.3) is 0 Å². The zero-order valence-electron chi connectivity index (χ0n) is 11.0. The molecule has 4 nitrogen and oxygen atoms in total. The molecule has 17 heavy (non-hydrogen) atoms. The molecule has 2 heterocycles. The summed E-state index contributed by atoms with van der Waals surface area (Å²) in [6, 6.07) is 0.233. The number of rotatable bonds is 3. The maximum Gasteiger partial charge on any atom is 0.319 e. The van der Waals surface area contributed by atoms with E-state index in [0.29, 0.717) is 0 Å². The number of amides is 2. The minimum Gasteiger partial charge on any atom is -0.328 e. The summed E-state index contributed by atoms with van der Waals surface area (Å²) in [5.74, 6) is 0.810. The Hall–Kier alpha value is -0.770. The first-order valence-electron chi connectivity index (χ1n) is 6.98. The molecule has 0 radical (unpaired) electrons. The third kappa shape index (κ3) is 3.60. The summed E-state index contributed by atoms with van der Waals surface area (Å²) in [6.45, 7) is 5.12. The molecule has 0 spiro atoms. The fourth-order valence-corrected chi connectivity index (χ4v) is 2.79. The molecular weight excluding hydrogens is 214 g/mol. The Bertz CT molecular complexity index is 245. The van der Waals surface area contributed by atoms with Crippen LogP contribution in [0.4, 0.5) is 4.79 Å². The van der Waals surface area contributed by atoms with Gasteiger partial charge in [-0.1, -0.05) is 0 Å². The molecule has 4 heteroatoms. The number of nitrogens with zero attached hydrogens (tertiary/aromatic N) is 2. The van der Waals surface area contributed by atoms with E-state index >= 15 is 0 Å². The molecule has 0 aromatic rings. The smallest absolute Gasteiger partial charge is 0.319 e. The summed E-state index contributed by atoms with van der Waals surface area (Å²) in [6.07, 6.45) is 6.05. The van der Waals surface area contributed by atoms with E-state index < -0.39 is 0 Å². The number of piperidine rings is 1. The number of likely N-dealkylation sites (tertiary alicyclic amines) is 1. The van der Waals surface area contributed by atoms with Gasteiger partial charge in [-0.2, -0.15) is 0 Å². The minimum atomic E-state index is 0.233. The highest BCUT2D eigenvalue weighted by molar-refractivity contribution is 5.74. The summed E-state index contributed by atoms with van der Waals surface area (Å²) < 4.78 is 0. The summed E-state index contributed by atoms with van der Waals surface area (Å²) in [5, 5.41) is 3.38. The van der Waals surface area contributed by atoms with Gasteiger partial charge >= 0.3 is 6.03 Å². The third-order valence-electron chi connectivity index (χ3n) is 4.03. The van der Waals surface area contributed by atoms with Crippen LogP contribution < -0.4 is 5.32 Å². The van der Waals surface area contributed by atoms with Crippen molar-refractivity contribution in [1.29, 1.82) is 0 Å². The zero-order chi connectivity index (χ0) is 12.1. The van der Waals surface area contributed by atoms with Gasteiger partial charge < -0.3 is 15.1 Å². The molecule has 2 saturated heterocycles. The highest BCUT2D eigenvalue weighted by Gasteiger charge is 2.22. The van der Waals surface area contributed by atoms with Crippen LogP contribution in [-0.2, 0) is 0 Å². The SMILES string of the molecule is CN(CCC1CCNCC1)C(=O)N1CCCC1. The summed E-state index contributed by atoms with van der Waals surface area (Å²) in [5.41, 5.74) is 0. The topological polar surface area (TPSA) is 35.6 Å². The molecule has 98 valence electrons. The van der Waals surface area contributed by atoms with Crippen molar-refractivity contribution in [1.82, 2.24) is 15.1 Å². The number of hydrogen-bond donors (Lipinski definition) is 1. The number of hydrogen-bond acceptors (Lipinski definition) is 2. The van der Waals surface area contributed by atoms with Crippen LogP contribution in [0.2, 0.25) is 0 Å². The molecule has 2 aliphatic heterocycles. The molecule has 2 amide bonds. The number of carbonyl (C=O) groups excluding carboxylic acids is 1. The highest BCUT2D eigenvalue weighted by atomic mass is 16.2. The molecule has 0 saturated carbocycles. The van der Waals surface area contributed by atoms with Crippen LogP contribution in [0.5, 0.6) is 0 Å². The lowest BCUT2D eigenvalue weighted by atomic mass is 9.94. The molecule has 0 bridgehead atoms. The second-order valence-electron chi connectivity index (χ2n) is 5.38. The fourth-order valence-electron chi connectivity index (χ4n) is 2.79. The largest absolute Gasteiger partial charge is 0.328 e. The zero-order valence-corrected chi connectivity index (χ0v) is 11.0. The van der Waals surface area contributed by atoms with Crippen LogP contribution in [0.3, 0.4) is 0 Å². The van der Waals surface area contributed by atoms with Gasteiger partial charge in [-0.25, -0.2) is 4.79 Å². The number of urea groups is 1. The van der Waals surface area contributed by atoms with Crippen molar-refractivity contribution in [3.8, 4) is 0 Å². The Balaban J connectivity index is 1.68. The molecule has 0 unspecified atom stereocenters. The Morgan fingerprint density at radius 2 is 1.94 bits per heavy atom. The molecule has 1 N–H and O–H groups in total. The second kappa shape index (κ2) is 6.24. The third-order valence-corrected chi connectivity index (χ3v) is 4.03. The monoisotopic (exact) mass is 239 g/mol. The molecular formula is C13H25N3O. The van der Waals surface area contributed by atoms with Gasteiger partial charge in [0.1, 0.15) is 0 Å². The lowest BCUT2D eigenvalue weighted by molar-refractivity contribution is 0.168. The fraction of sp³-hybridized carbons (Fsp3) is 0.923. The maximum atomic E-state index is 12.1. The van der Waals surface area contributed by atoms with Crippen molar-refractivity contribution in [2.45, 2.75) is 32.1 Å². The van der Waals surface area contributed by atoms with Gasteiger partial charge in [0.2, 0.25) is 0 Å². The minimum absolute atomic E-state index is 0.233. The predicted molar refractivity (Wildman–Crippen MR) is 69.0 cm³/mol. The van der Waals surface area contributed by atoms with E-state index in [4.69, 9.17) is 0 Å². The normalized spacial score (nSPS) is 21.8. The van der Waals surface area contributed by atoms with Gasteiger partial charge in [-0.3, -0.25) is 0 Å². The van der Waals surface area contributed by atoms with Crippen molar-refractivity contribution in [2.75, 3.05) is 39.8 Å². The van der Waals surface area contributed by atoms with E-state index in [1.54, 1.807) is 0 Å². The van der Waals surface area contributed by atoms with Gasteiger partial charge in [0.05, 0.1) is 0 Å². The Labute approximate surface area is 104 Å². The summed E-state index contributed by atoms with van der Waals surface area (Å²) in [4.78, 5) is 16.0. The summed E-state index contributed by atoms with van der Waals surface area (Å²) >= 11 is 0. The summed E-state index contributed by atoms with van der Waals surface area (Å²) in [7, 11) is 1.95. The van der Waals surface area contributed by atoms with E-state index in [2.05, 4.69) is 5.32 Å². The van der Waals surface area contributed by atoms with Crippen molar-refractivity contribution >= 4 is 6.03 Å². The average Bonchev–Trinajstić information content (AvgIpc) is 2.90. The van der Waals surface area contributed by atoms with E-state index in [1.165, 1.54) is 25.7 Å². The number of carbonyl (C=O) groups is 1. The van der Waals surface area contributed by atoms with Crippen LogP contribution in [-0.4, -0.2) is 55.6 Å². The number of nitrogens with one attached hydrogen (secondary N) is 1. The molecule has 0 aliphatic carbocycles. The molecule has 2 aliphatic rings. The molecule has 0 atom stereocenters. The van der Waals surface area contributed by atoms with Crippen LogP contribution in [0.15, 0.2) is 0 Å². The van der Waals surface area contributed by atoms with E-state index in [9.17, 15) is 4.79 Å². The van der Waals surface area contributed by atoms with Crippen molar-refractivity contribution in [2.24, 2.45) is 5.92 Å². The van der Waals surface area contributed by atoms with Crippen LogP contribution in [0, 0.1) is 5.92 Å².